The van der Waals surface area contributed by atoms with Crippen LogP contribution in [0, 0.1) is 6.92 Å². The molecule has 0 aliphatic rings. The van der Waals surface area contributed by atoms with Gasteiger partial charge >= 0.3 is 0 Å². The Morgan fingerprint density at radius 2 is 2.31 bits per heavy atom. The Bertz CT molecular complexity index is 288. The Hall–Kier alpha value is -0.800. The molecule has 1 atom stereocenters. The van der Waals surface area contributed by atoms with Crippen molar-refractivity contribution in [2.24, 2.45) is 5.73 Å². The first kappa shape index (κ1) is 10.3. The fraction of sp³-hybridized carbons (Fsp3) is 0.444. The van der Waals surface area contributed by atoms with Gasteiger partial charge in [0.2, 0.25) is 0 Å². The topological polar surface area (TPSA) is 50.9 Å². The lowest BCUT2D eigenvalue weighted by atomic mass is 10.2. The minimum Gasteiger partial charge on any atom is -0.380 e. The quantitative estimate of drug-likeness (QED) is 0.730. The molecule has 13 heavy (non-hydrogen) atoms. The van der Waals surface area contributed by atoms with E-state index in [0.29, 0.717) is 11.7 Å². The van der Waals surface area contributed by atoms with Crippen molar-refractivity contribution in [2.45, 2.75) is 19.9 Å². The largest absolute Gasteiger partial charge is 0.380 e. The Labute approximate surface area is 83.3 Å². The molecule has 0 radical (unpaired) electrons. The van der Waals surface area contributed by atoms with Gasteiger partial charge in [0, 0.05) is 12.6 Å². The van der Waals surface area contributed by atoms with Gasteiger partial charge < -0.3 is 11.1 Å². The molecule has 0 bridgehead atoms. The molecule has 3 N–H and O–H groups in total. The third-order valence-electron chi connectivity index (χ3n) is 1.81. The highest BCUT2D eigenvalue weighted by molar-refractivity contribution is 6.29. The second-order valence-corrected chi connectivity index (χ2v) is 3.44. The van der Waals surface area contributed by atoms with Gasteiger partial charge in [0.1, 0.15) is 5.15 Å². The normalized spacial score (nSPS) is 12.6. The Morgan fingerprint density at radius 1 is 1.62 bits per heavy atom. The molecule has 0 amide bonds. The average molecular weight is 200 g/mol. The summed E-state index contributed by atoms with van der Waals surface area (Å²) in [4.78, 5) is 4.12. The molecule has 0 aromatic carbocycles. The summed E-state index contributed by atoms with van der Waals surface area (Å²) in [6.45, 7) is 4.54. The van der Waals surface area contributed by atoms with Gasteiger partial charge in [0.25, 0.3) is 0 Å². The highest BCUT2D eigenvalue weighted by atomic mass is 35.5. The maximum Gasteiger partial charge on any atom is 0.129 e. The Morgan fingerprint density at radius 3 is 2.85 bits per heavy atom. The van der Waals surface area contributed by atoms with Gasteiger partial charge in [-0.3, -0.25) is 0 Å². The van der Waals surface area contributed by atoms with E-state index in [-0.39, 0.29) is 6.04 Å². The van der Waals surface area contributed by atoms with Crippen molar-refractivity contribution >= 4 is 17.3 Å². The van der Waals surface area contributed by atoms with Crippen LogP contribution in [-0.4, -0.2) is 17.6 Å². The SMILES string of the molecule is Cc1nc(Cl)ccc1NC(C)CN. The van der Waals surface area contributed by atoms with Crippen molar-refractivity contribution in [1.82, 2.24) is 4.98 Å². The minimum absolute atomic E-state index is 0.252. The van der Waals surface area contributed by atoms with E-state index in [9.17, 15) is 0 Å². The number of pyridine rings is 1. The lowest BCUT2D eigenvalue weighted by Crippen LogP contribution is -2.25. The number of nitrogens with zero attached hydrogens (tertiary/aromatic N) is 1. The summed E-state index contributed by atoms with van der Waals surface area (Å²) in [5, 5.41) is 3.76. The fourth-order valence-electron chi connectivity index (χ4n) is 1.01. The van der Waals surface area contributed by atoms with E-state index < -0.39 is 0 Å². The molecule has 1 aromatic rings. The predicted octanol–water partition coefficient (Wildman–Crippen LogP) is 1.80. The monoisotopic (exact) mass is 199 g/mol. The molecule has 0 saturated heterocycles. The van der Waals surface area contributed by atoms with Crippen LogP contribution in [0.4, 0.5) is 5.69 Å². The van der Waals surface area contributed by atoms with Gasteiger partial charge in [-0.2, -0.15) is 0 Å². The number of hydrogen-bond acceptors (Lipinski definition) is 3. The molecule has 72 valence electrons. The van der Waals surface area contributed by atoms with E-state index in [0.717, 1.165) is 11.4 Å². The first-order valence-corrected chi connectivity index (χ1v) is 4.61. The van der Waals surface area contributed by atoms with Crippen molar-refractivity contribution in [3.05, 3.63) is 23.0 Å². The molecule has 0 aliphatic heterocycles. The van der Waals surface area contributed by atoms with Crippen LogP contribution in [-0.2, 0) is 0 Å². The van der Waals surface area contributed by atoms with Crippen LogP contribution in [0.2, 0.25) is 5.15 Å². The smallest absolute Gasteiger partial charge is 0.129 e. The number of hydrogen-bond donors (Lipinski definition) is 2. The molecular weight excluding hydrogens is 186 g/mol. The van der Waals surface area contributed by atoms with Gasteiger partial charge in [0.15, 0.2) is 0 Å². The zero-order valence-electron chi connectivity index (χ0n) is 7.84. The zero-order chi connectivity index (χ0) is 9.84. The zero-order valence-corrected chi connectivity index (χ0v) is 8.60. The second kappa shape index (κ2) is 4.44. The maximum atomic E-state index is 5.72. The molecule has 3 nitrogen and oxygen atoms in total. The van der Waals surface area contributed by atoms with E-state index in [2.05, 4.69) is 10.3 Å². The van der Waals surface area contributed by atoms with Crippen LogP contribution in [0.1, 0.15) is 12.6 Å². The summed E-state index contributed by atoms with van der Waals surface area (Å²) in [7, 11) is 0. The molecule has 1 aromatic heterocycles. The van der Waals surface area contributed by atoms with Gasteiger partial charge in [0.05, 0.1) is 11.4 Å². The molecule has 1 unspecified atom stereocenters. The van der Waals surface area contributed by atoms with Crippen molar-refractivity contribution in [3.63, 3.8) is 0 Å². The third kappa shape index (κ3) is 2.86. The number of halogens is 1. The summed E-state index contributed by atoms with van der Waals surface area (Å²) in [5.74, 6) is 0. The first-order chi connectivity index (χ1) is 6.13. The number of aromatic nitrogens is 1. The van der Waals surface area contributed by atoms with Crippen molar-refractivity contribution in [2.75, 3.05) is 11.9 Å². The fourth-order valence-corrected chi connectivity index (χ4v) is 1.20. The maximum absolute atomic E-state index is 5.72. The van der Waals surface area contributed by atoms with Crippen LogP contribution in [0.5, 0.6) is 0 Å². The number of rotatable bonds is 3. The lowest BCUT2D eigenvalue weighted by Gasteiger charge is -2.14. The number of anilines is 1. The summed E-state index contributed by atoms with van der Waals surface area (Å²) in [5.41, 5.74) is 7.38. The van der Waals surface area contributed by atoms with Gasteiger partial charge in [-0.15, -0.1) is 0 Å². The summed E-state index contributed by atoms with van der Waals surface area (Å²) in [6.07, 6.45) is 0. The Balaban J connectivity index is 2.77. The summed E-state index contributed by atoms with van der Waals surface area (Å²) in [6, 6.07) is 3.93. The van der Waals surface area contributed by atoms with E-state index in [1.54, 1.807) is 6.07 Å². The molecule has 0 aliphatic carbocycles. The number of nitrogens with one attached hydrogen (secondary N) is 1. The minimum atomic E-state index is 0.252. The van der Waals surface area contributed by atoms with E-state index in [1.165, 1.54) is 0 Å². The van der Waals surface area contributed by atoms with Crippen LogP contribution >= 0.6 is 11.6 Å². The molecule has 1 rings (SSSR count). The van der Waals surface area contributed by atoms with Crippen molar-refractivity contribution in [3.8, 4) is 0 Å². The lowest BCUT2D eigenvalue weighted by molar-refractivity contribution is 0.801. The third-order valence-corrected chi connectivity index (χ3v) is 2.02. The number of nitrogens with two attached hydrogens (primary N) is 1. The van der Waals surface area contributed by atoms with Crippen molar-refractivity contribution in [1.29, 1.82) is 0 Å². The summed E-state index contributed by atoms with van der Waals surface area (Å²) < 4.78 is 0. The van der Waals surface area contributed by atoms with Gasteiger partial charge in [-0.25, -0.2) is 4.98 Å². The standard InChI is InChI=1S/C9H14ClN3/c1-6(5-11)12-8-3-4-9(10)13-7(8)2/h3-4,6,12H,5,11H2,1-2H3. The van der Waals surface area contributed by atoms with Crippen LogP contribution in [0.25, 0.3) is 0 Å². The van der Waals surface area contributed by atoms with Crippen molar-refractivity contribution < 1.29 is 0 Å². The molecule has 0 fully saturated rings. The molecule has 0 saturated carbocycles. The number of aryl methyl sites for hydroxylation is 1. The van der Waals surface area contributed by atoms with E-state index in [4.69, 9.17) is 17.3 Å². The van der Waals surface area contributed by atoms with Gasteiger partial charge in [-0.1, -0.05) is 11.6 Å². The molecular formula is C9H14ClN3. The molecule has 0 spiro atoms. The molecule has 4 heteroatoms. The first-order valence-electron chi connectivity index (χ1n) is 4.23. The Kier molecular flexibility index (Phi) is 3.51. The van der Waals surface area contributed by atoms with Gasteiger partial charge in [-0.05, 0) is 26.0 Å². The van der Waals surface area contributed by atoms with Crippen LogP contribution in [0.3, 0.4) is 0 Å². The van der Waals surface area contributed by atoms with E-state index in [1.807, 2.05) is 19.9 Å². The molecule has 1 heterocycles. The average Bonchev–Trinajstić information content (AvgIpc) is 2.09. The van der Waals surface area contributed by atoms with E-state index >= 15 is 0 Å². The highest BCUT2D eigenvalue weighted by Crippen LogP contribution is 2.16. The summed E-state index contributed by atoms with van der Waals surface area (Å²) >= 11 is 5.72. The van der Waals surface area contributed by atoms with Crippen LogP contribution < -0.4 is 11.1 Å². The van der Waals surface area contributed by atoms with Crippen LogP contribution in [0.15, 0.2) is 12.1 Å². The predicted molar refractivity (Wildman–Crippen MR) is 56.1 cm³/mol. The highest BCUT2D eigenvalue weighted by Gasteiger charge is 2.03. The second-order valence-electron chi connectivity index (χ2n) is 3.05.